The molecule has 0 aromatic heterocycles. The van der Waals surface area contributed by atoms with Gasteiger partial charge < -0.3 is 10.5 Å². The molecule has 0 aromatic carbocycles. The van der Waals surface area contributed by atoms with Crippen molar-refractivity contribution in [2.75, 3.05) is 13.2 Å². The van der Waals surface area contributed by atoms with Gasteiger partial charge in [-0.05, 0) is 27.2 Å². The van der Waals surface area contributed by atoms with Crippen molar-refractivity contribution in [2.24, 2.45) is 5.73 Å². The molecule has 0 heterocycles. The molecule has 0 fully saturated rings. The van der Waals surface area contributed by atoms with Gasteiger partial charge in [-0.1, -0.05) is 13.3 Å². The van der Waals surface area contributed by atoms with Gasteiger partial charge in [-0.15, -0.1) is 0 Å². The highest BCUT2D eigenvalue weighted by Gasteiger charge is 2.20. The van der Waals surface area contributed by atoms with Crippen LogP contribution in [0.4, 0.5) is 4.79 Å². The first-order chi connectivity index (χ1) is 6.40. The number of unbranched alkanes of at least 4 members (excludes halogenated alkanes) is 1. The van der Waals surface area contributed by atoms with E-state index < -0.39 is 5.60 Å². The minimum absolute atomic E-state index is 0.217. The fourth-order valence-corrected chi connectivity index (χ4v) is 0.933. The van der Waals surface area contributed by atoms with Crippen molar-refractivity contribution in [1.29, 1.82) is 0 Å². The zero-order chi connectivity index (χ0) is 11.2. The number of ether oxygens (including phenoxy) is 1. The van der Waals surface area contributed by atoms with Crippen LogP contribution in [0.5, 0.6) is 0 Å². The van der Waals surface area contributed by atoms with E-state index in [1.807, 2.05) is 20.8 Å². The Morgan fingerprint density at radius 1 is 1.43 bits per heavy atom. The van der Waals surface area contributed by atoms with Gasteiger partial charge in [0.2, 0.25) is 0 Å². The molecule has 0 rings (SSSR count). The second-order valence-corrected chi connectivity index (χ2v) is 4.28. The predicted octanol–water partition coefficient (Wildman–Crippen LogP) is 1.94. The van der Waals surface area contributed by atoms with Crippen molar-refractivity contribution in [3.05, 3.63) is 0 Å². The summed E-state index contributed by atoms with van der Waals surface area (Å²) in [5.74, 6) is 0. The van der Waals surface area contributed by atoms with Crippen molar-refractivity contribution in [1.82, 2.24) is 4.90 Å². The largest absolute Gasteiger partial charge is 0.444 e. The Kier molecular flexibility index (Phi) is 5.53. The minimum Gasteiger partial charge on any atom is -0.444 e. The number of amides is 1. The zero-order valence-electron chi connectivity index (χ0n) is 9.67. The zero-order valence-corrected chi connectivity index (χ0v) is 9.67. The summed E-state index contributed by atoms with van der Waals surface area (Å²) in [6.45, 7) is 8.50. The quantitative estimate of drug-likeness (QED) is 0.709. The summed E-state index contributed by atoms with van der Waals surface area (Å²) in [6.07, 6.45) is 1.67. The average molecular weight is 202 g/mol. The summed E-state index contributed by atoms with van der Waals surface area (Å²) in [5.41, 5.74) is 5.01. The van der Waals surface area contributed by atoms with E-state index in [2.05, 4.69) is 6.92 Å². The number of carbonyl (C=O) groups is 1. The van der Waals surface area contributed by atoms with Crippen LogP contribution in [0, 0.1) is 0 Å². The van der Waals surface area contributed by atoms with E-state index in [4.69, 9.17) is 10.5 Å². The van der Waals surface area contributed by atoms with Gasteiger partial charge >= 0.3 is 6.09 Å². The fourth-order valence-electron chi connectivity index (χ4n) is 0.933. The molecule has 0 saturated heterocycles. The smallest absolute Gasteiger partial charge is 0.411 e. The molecule has 4 nitrogen and oxygen atoms in total. The molecule has 0 aliphatic rings. The van der Waals surface area contributed by atoms with Crippen molar-refractivity contribution in [3.8, 4) is 0 Å². The molecular formula is C10H22N2O2. The highest BCUT2D eigenvalue weighted by molar-refractivity contribution is 5.67. The van der Waals surface area contributed by atoms with Crippen LogP contribution in [0.3, 0.4) is 0 Å². The van der Waals surface area contributed by atoms with Gasteiger partial charge in [0.15, 0.2) is 0 Å². The van der Waals surface area contributed by atoms with Gasteiger partial charge in [0.25, 0.3) is 0 Å². The SMILES string of the molecule is CCCCN(CN)C(=O)OC(C)(C)C. The first kappa shape index (κ1) is 13.2. The van der Waals surface area contributed by atoms with Crippen LogP contribution in [-0.2, 0) is 4.74 Å². The van der Waals surface area contributed by atoms with Crippen LogP contribution >= 0.6 is 0 Å². The highest BCUT2D eigenvalue weighted by atomic mass is 16.6. The Balaban J connectivity index is 4.04. The molecule has 0 radical (unpaired) electrons. The van der Waals surface area contributed by atoms with E-state index in [9.17, 15) is 4.79 Å². The Labute approximate surface area is 86.4 Å². The van der Waals surface area contributed by atoms with Gasteiger partial charge in [-0.25, -0.2) is 4.79 Å². The van der Waals surface area contributed by atoms with Crippen molar-refractivity contribution in [2.45, 2.75) is 46.1 Å². The first-order valence-electron chi connectivity index (χ1n) is 5.08. The number of rotatable bonds is 4. The number of nitrogens with two attached hydrogens (primary N) is 1. The summed E-state index contributed by atoms with van der Waals surface area (Å²) in [7, 11) is 0. The van der Waals surface area contributed by atoms with Crippen molar-refractivity contribution in [3.63, 3.8) is 0 Å². The van der Waals surface area contributed by atoms with Gasteiger partial charge in [0.1, 0.15) is 5.60 Å². The molecule has 2 N–H and O–H groups in total. The van der Waals surface area contributed by atoms with E-state index in [1.165, 1.54) is 4.90 Å². The maximum Gasteiger partial charge on any atom is 0.411 e. The molecular weight excluding hydrogens is 180 g/mol. The molecule has 1 amide bonds. The summed E-state index contributed by atoms with van der Waals surface area (Å²) in [4.78, 5) is 13.0. The van der Waals surface area contributed by atoms with Crippen LogP contribution in [0.2, 0.25) is 0 Å². The molecule has 0 saturated carbocycles. The minimum atomic E-state index is -0.448. The van der Waals surface area contributed by atoms with Crippen LogP contribution in [0.15, 0.2) is 0 Å². The molecule has 0 bridgehead atoms. The van der Waals surface area contributed by atoms with E-state index in [-0.39, 0.29) is 12.8 Å². The molecule has 0 aromatic rings. The Morgan fingerprint density at radius 3 is 2.36 bits per heavy atom. The number of hydrogen-bond donors (Lipinski definition) is 1. The molecule has 0 unspecified atom stereocenters. The first-order valence-corrected chi connectivity index (χ1v) is 5.08. The van der Waals surface area contributed by atoms with Gasteiger partial charge in [-0.2, -0.15) is 0 Å². The number of nitrogens with zero attached hydrogens (tertiary/aromatic N) is 1. The lowest BCUT2D eigenvalue weighted by molar-refractivity contribution is 0.0252. The van der Waals surface area contributed by atoms with E-state index >= 15 is 0 Å². The number of carbonyl (C=O) groups excluding carboxylic acids is 1. The summed E-state index contributed by atoms with van der Waals surface area (Å²) in [5, 5.41) is 0. The lowest BCUT2D eigenvalue weighted by Gasteiger charge is -2.26. The standard InChI is InChI=1S/C10H22N2O2/c1-5-6-7-12(8-11)9(13)14-10(2,3)4/h5-8,11H2,1-4H3. The molecule has 0 aliphatic heterocycles. The second kappa shape index (κ2) is 5.86. The van der Waals surface area contributed by atoms with E-state index in [1.54, 1.807) is 0 Å². The monoisotopic (exact) mass is 202 g/mol. The Morgan fingerprint density at radius 2 is 2.00 bits per heavy atom. The summed E-state index contributed by atoms with van der Waals surface area (Å²) < 4.78 is 5.19. The topological polar surface area (TPSA) is 55.6 Å². The third-order valence-corrected chi connectivity index (χ3v) is 1.65. The maximum atomic E-state index is 11.5. The van der Waals surface area contributed by atoms with Crippen LogP contribution in [0.25, 0.3) is 0 Å². The lowest BCUT2D eigenvalue weighted by atomic mass is 10.2. The second-order valence-electron chi connectivity index (χ2n) is 4.28. The van der Waals surface area contributed by atoms with Crippen molar-refractivity contribution >= 4 is 6.09 Å². The Bertz CT molecular complexity index is 175. The molecule has 4 heteroatoms. The summed E-state index contributed by atoms with van der Waals surface area (Å²) in [6, 6.07) is 0. The van der Waals surface area contributed by atoms with Crippen molar-refractivity contribution < 1.29 is 9.53 Å². The van der Waals surface area contributed by atoms with Crippen LogP contribution in [-0.4, -0.2) is 29.8 Å². The van der Waals surface area contributed by atoms with E-state index in [0.29, 0.717) is 6.54 Å². The highest BCUT2D eigenvalue weighted by Crippen LogP contribution is 2.09. The van der Waals surface area contributed by atoms with E-state index in [0.717, 1.165) is 12.8 Å². The predicted molar refractivity (Wildman–Crippen MR) is 56.9 cm³/mol. The average Bonchev–Trinajstić information content (AvgIpc) is 2.02. The maximum absolute atomic E-state index is 11.5. The Hall–Kier alpha value is -0.770. The third-order valence-electron chi connectivity index (χ3n) is 1.65. The fraction of sp³-hybridized carbons (Fsp3) is 0.900. The van der Waals surface area contributed by atoms with Gasteiger partial charge in [0.05, 0.1) is 6.67 Å². The summed E-state index contributed by atoms with van der Waals surface area (Å²) >= 11 is 0. The molecule has 84 valence electrons. The molecule has 0 spiro atoms. The van der Waals surface area contributed by atoms with Gasteiger partial charge in [-0.3, -0.25) is 4.90 Å². The van der Waals surface area contributed by atoms with Crippen LogP contribution < -0.4 is 5.73 Å². The molecule has 14 heavy (non-hydrogen) atoms. The lowest BCUT2D eigenvalue weighted by Crippen LogP contribution is -2.40. The van der Waals surface area contributed by atoms with Gasteiger partial charge in [0, 0.05) is 6.54 Å². The normalized spacial score (nSPS) is 11.2. The van der Waals surface area contributed by atoms with Crippen LogP contribution in [0.1, 0.15) is 40.5 Å². The molecule has 0 aliphatic carbocycles. The third kappa shape index (κ3) is 5.80. The number of hydrogen-bond acceptors (Lipinski definition) is 3. The molecule has 0 atom stereocenters.